The van der Waals surface area contributed by atoms with Gasteiger partial charge in [0.1, 0.15) is 0 Å². The van der Waals surface area contributed by atoms with E-state index in [2.05, 4.69) is 34.9 Å². The minimum atomic E-state index is 0.302. The lowest BCUT2D eigenvalue weighted by Gasteiger charge is -2.04. The maximum absolute atomic E-state index is 4.99. The highest BCUT2D eigenvalue weighted by Crippen LogP contribution is 2.04. The molecule has 2 N–H and O–H groups in total. The molecule has 14 heavy (non-hydrogen) atoms. The molecule has 0 bridgehead atoms. The average molecular weight is 209 g/mol. The van der Waals surface area contributed by atoms with Crippen molar-refractivity contribution in [2.24, 2.45) is 11.0 Å². The summed E-state index contributed by atoms with van der Waals surface area (Å²) in [6, 6.07) is 0. The third-order valence-corrected chi connectivity index (χ3v) is 1.96. The van der Waals surface area contributed by atoms with Crippen molar-refractivity contribution in [1.29, 1.82) is 0 Å². The van der Waals surface area contributed by atoms with Gasteiger partial charge in [0.15, 0.2) is 5.11 Å². The third kappa shape index (κ3) is 4.18. The maximum Gasteiger partial charge on any atom is 0.186 e. The van der Waals surface area contributed by atoms with E-state index in [0.717, 1.165) is 13.0 Å². The Balaban J connectivity index is 2.15. The van der Waals surface area contributed by atoms with Crippen LogP contribution in [0.15, 0.2) is 29.4 Å². The second kappa shape index (κ2) is 6.32. The summed E-state index contributed by atoms with van der Waals surface area (Å²) in [6.45, 7) is 2.97. The van der Waals surface area contributed by atoms with Gasteiger partial charge in [-0.25, -0.2) is 0 Å². The van der Waals surface area contributed by atoms with Crippen molar-refractivity contribution in [2.45, 2.75) is 13.3 Å². The Labute approximate surface area is 90.0 Å². The van der Waals surface area contributed by atoms with Crippen LogP contribution in [0.5, 0.6) is 0 Å². The van der Waals surface area contributed by atoms with Gasteiger partial charge in [0.25, 0.3) is 0 Å². The van der Waals surface area contributed by atoms with E-state index in [-0.39, 0.29) is 0 Å². The number of rotatable bonds is 4. The average Bonchev–Trinajstić information content (AvgIpc) is 2.67. The molecule has 4 heteroatoms. The largest absolute Gasteiger partial charge is 0.361 e. The van der Waals surface area contributed by atoms with Gasteiger partial charge < -0.3 is 5.32 Å². The quantitative estimate of drug-likeness (QED) is 0.419. The lowest BCUT2D eigenvalue weighted by molar-refractivity contribution is 0.816. The lowest BCUT2D eigenvalue weighted by Crippen LogP contribution is -2.32. The van der Waals surface area contributed by atoms with Gasteiger partial charge in [-0.3, -0.25) is 5.43 Å². The molecule has 0 unspecified atom stereocenters. The molecule has 0 aromatic rings. The summed E-state index contributed by atoms with van der Waals surface area (Å²) in [7, 11) is 0. The molecular formula is C10H15N3S. The highest BCUT2D eigenvalue weighted by atomic mass is 32.1. The molecule has 1 rings (SSSR count). The van der Waals surface area contributed by atoms with E-state index in [4.69, 9.17) is 12.2 Å². The molecule has 0 saturated heterocycles. The fraction of sp³-hybridized carbons (Fsp3) is 0.400. The fourth-order valence-corrected chi connectivity index (χ4v) is 1.16. The van der Waals surface area contributed by atoms with Crippen LogP contribution in [0.1, 0.15) is 13.3 Å². The zero-order chi connectivity index (χ0) is 10.2. The number of nitrogens with zero attached hydrogens (tertiary/aromatic N) is 1. The lowest BCUT2D eigenvalue weighted by atomic mass is 10.2. The van der Waals surface area contributed by atoms with Crippen molar-refractivity contribution in [3.63, 3.8) is 0 Å². The Hall–Kier alpha value is -1.16. The maximum atomic E-state index is 4.99. The summed E-state index contributed by atoms with van der Waals surface area (Å²) >= 11 is 4.99. The van der Waals surface area contributed by atoms with E-state index in [9.17, 15) is 0 Å². The number of hydrogen-bond acceptors (Lipinski definition) is 2. The minimum Gasteiger partial charge on any atom is -0.361 e. The van der Waals surface area contributed by atoms with E-state index < -0.39 is 0 Å². The topological polar surface area (TPSA) is 36.4 Å². The molecule has 0 atom stereocenters. The molecule has 1 aliphatic carbocycles. The minimum absolute atomic E-state index is 0.302. The number of allylic oxidation sites excluding steroid dienone is 4. The zero-order valence-corrected chi connectivity index (χ0v) is 9.05. The van der Waals surface area contributed by atoms with Crippen LogP contribution in [0.3, 0.4) is 0 Å². The predicted octanol–water partition coefficient (Wildman–Crippen LogP) is 1.59. The molecule has 1 aliphatic rings. The van der Waals surface area contributed by atoms with Gasteiger partial charge in [-0.15, -0.1) is 0 Å². The van der Waals surface area contributed by atoms with E-state index in [1.54, 1.807) is 0 Å². The third-order valence-electron chi connectivity index (χ3n) is 1.73. The molecule has 0 aliphatic heterocycles. The smallest absolute Gasteiger partial charge is 0.186 e. The molecule has 0 amide bonds. The summed E-state index contributed by atoms with van der Waals surface area (Å²) in [5.74, 6) is 0.302. The van der Waals surface area contributed by atoms with Crippen LogP contribution in [-0.4, -0.2) is 17.9 Å². The van der Waals surface area contributed by atoms with Crippen molar-refractivity contribution in [2.75, 3.05) is 6.54 Å². The Morgan fingerprint density at radius 2 is 2.21 bits per heavy atom. The van der Waals surface area contributed by atoms with Crippen LogP contribution < -0.4 is 10.7 Å². The second-order valence-corrected chi connectivity index (χ2v) is 3.40. The molecule has 0 aromatic heterocycles. The first kappa shape index (κ1) is 10.9. The molecule has 0 spiro atoms. The summed E-state index contributed by atoms with van der Waals surface area (Å²) < 4.78 is 0. The van der Waals surface area contributed by atoms with Crippen LogP contribution in [-0.2, 0) is 0 Å². The first-order chi connectivity index (χ1) is 6.83. The molecule has 3 nitrogen and oxygen atoms in total. The fourth-order valence-electron chi connectivity index (χ4n) is 1.01. The Kier molecular flexibility index (Phi) is 4.93. The van der Waals surface area contributed by atoms with Crippen LogP contribution >= 0.6 is 12.2 Å². The van der Waals surface area contributed by atoms with Crippen molar-refractivity contribution < 1.29 is 0 Å². The van der Waals surface area contributed by atoms with Gasteiger partial charge in [0.2, 0.25) is 0 Å². The Bertz CT molecular complexity index is 257. The normalized spacial score (nSPS) is 15.2. The second-order valence-electron chi connectivity index (χ2n) is 2.99. The van der Waals surface area contributed by atoms with Gasteiger partial charge in [-0.2, -0.15) is 5.10 Å². The number of thiocarbonyl (C=S) groups is 1. The first-order valence-corrected chi connectivity index (χ1v) is 5.15. The van der Waals surface area contributed by atoms with Gasteiger partial charge in [-0.1, -0.05) is 31.2 Å². The van der Waals surface area contributed by atoms with Crippen LogP contribution in [0.25, 0.3) is 0 Å². The SMILES string of the molecule is CCCNC(=S)N/N=C/C1C=CC=C1. The first-order valence-electron chi connectivity index (χ1n) is 4.75. The number of hydrazone groups is 1. The van der Waals surface area contributed by atoms with E-state index in [1.165, 1.54) is 0 Å². The Morgan fingerprint density at radius 1 is 1.50 bits per heavy atom. The van der Waals surface area contributed by atoms with Gasteiger partial charge >= 0.3 is 0 Å². The van der Waals surface area contributed by atoms with Crippen LogP contribution in [0, 0.1) is 5.92 Å². The summed E-state index contributed by atoms with van der Waals surface area (Å²) in [4.78, 5) is 0. The van der Waals surface area contributed by atoms with Gasteiger partial charge in [0, 0.05) is 18.7 Å². The monoisotopic (exact) mass is 209 g/mol. The highest BCUT2D eigenvalue weighted by Gasteiger charge is 1.98. The molecule has 0 fully saturated rings. The van der Waals surface area contributed by atoms with Crippen LogP contribution in [0.4, 0.5) is 0 Å². The standard InChI is InChI=1S/C10H15N3S/c1-2-7-11-10(14)13-12-8-9-5-3-4-6-9/h3-6,8-9H,2,7H2,1H3,(H2,11,13,14)/b12-8+. The van der Waals surface area contributed by atoms with Crippen molar-refractivity contribution in [1.82, 2.24) is 10.7 Å². The summed E-state index contributed by atoms with van der Waals surface area (Å²) in [6.07, 6.45) is 11.0. The predicted molar refractivity (Wildman–Crippen MR) is 64.3 cm³/mol. The van der Waals surface area contributed by atoms with Gasteiger partial charge in [0.05, 0.1) is 0 Å². The summed E-state index contributed by atoms with van der Waals surface area (Å²) in [5.41, 5.74) is 2.77. The van der Waals surface area contributed by atoms with E-state index in [0.29, 0.717) is 11.0 Å². The molecule has 0 heterocycles. The van der Waals surface area contributed by atoms with Crippen molar-refractivity contribution >= 4 is 23.5 Å². The van der Waals surface area contributed by atoms with E-state index in [1.807, 2.05) is 18.4 Å². The molecule has 0 radical (unpaired) electrons. The number of nitrogens with one attached hydrogen (secondary N) is 2. The number of hydrogen-bond donors (Lipinski definition) is 2. The Morgan fingerprint density at radius 3 is 2.86 bits per heavy atom. The van der Waals surface area contributed by atoms with Gasteiger partial charge in [-0.05, 0) is 18.6 Å². The van der Waals surface area contributed by atoms with Crippen molar-refractivity contribution in [3.8, 4) is 0 Å². The summed E-state index contributed by atoms with van der Waals surface area (Å²) in [5, 5.41) is 7.63. The molecule has 0 aromatic carbocycles. The molecular weight excluding hydrogens is 194 g/mol. The van der Waals surface area contributed by atoms with Crippen LogP contribution in [0.2, 0.25) is 0 Å². The van der Waals surface area contributed by atoms with Crippen molar-refractivity contribution in [3.05, 3.63) is 24.3 Å². The highest BCUT2D eigenvalue weighted by molar-refractivity contribution is 7.80. The molecule has 76 valence electrons. The zero-order valence-electron chi connectivity index (χ0n) is 8.23. The molecule has 0 saturated carbocycles. The van der Waals surface area contributed by atoms with E-state index >= 15 is 0 Å².